The Labute approximate surface area is 158 Å². The summed E-state index contributed by atoms with van der Waals surface area (Å²) in [5.41, 5.74) is 1.07. The van der Waals surface area contributed by atoms with Crippen LogP contribution in [0.4, 0.5) is 5.69 Å². The van der Waals surface area contributed by atoms with Crippen LogP contribution in [0, 0.1) is 0 Å². The Morgan fingerprint density at radius 2 is 1.62 bits per heavy atom. The normalized spacial score (nSPS) is 11.8. The average Bonchev–Trinajstić information content (AvgIpc) is 2.69. The lowest BCUT2D eigenvalue weighted by molar-refractivity contribution is 0.210. The molecule has 26 heavy (non-hydrogen) atoms. The molecule has 0 radical (unpaired) electrons. The van der Waals surface area contributed by atoms with Gasteiger partial charge < -0.3 is 14.8 Å². The lowest BCUT2D eigenvalue weighted by atomic mass is 10.2. The molecule has 142 valence electrons. The molecule has 0 amide bonds. The molecule has 0 heterocycles. The predicted octanol–water partition coefficient (Wildman–Crippen LogP) is 6.31. The zero-order valence-corrected chi connectivity index (χ0v) is 16.2. The minimum absolute atomic E-state index is 0.139. The zero-order chi connectivity index (χ0) is 18.5. The first-order valence-corrected chi connectivity index (χ1v) is 10.00. The number of unbranched alkanes of at least 4 members (excludes halogenated alkanes) is 4. The molecule has 3 nitrogen and oxygen atoms in total. The van der Waals surface area contributed by atoms with E-state index in [9.17, 15) is 0 Å². The molecule has 2 rings (SSSR count). The molecule has 0 aliphatic heterocycles. The summed E-state index contributed by atoms with van der Waals surface area (Å²) >= 11 is 0. The molecule has 0 aliphatic rings. The Morgan fingerprint density at radius 1 is 0.846 bits per heavy atom. The highest BCUT2D eigenvalue weighted by molar-refractivity contribution is 5.48. The van der Waals surface area contributed by atoms with E-state index in [4.69, 9.17) is 9.47 Å². The summed E-state index contributed by atoms with van der Waals surface area (Å²) in [6.07, 6.45) is 7.38. The van der Waals surface area contributed by atoms with E-state index in [2.05, 4.69) is 31.3 Å². The number of hydrogen-bond donors (Lipinski definition) is 1. The van der Waals surface area contributed by atoms with Gasteiger partial charge in [-0.2, -0.15) is 0 Å². The van der Waals surface area contributed by atoms with Gasteiger partial charge in [-0.3, -0.25) is 0 Å². The maximum absolute atomic E-state index is 6.03. The van der Waals surface area contributed by atoms with E-state index in [1.807, 2.05) is 42.5 Å². The first-order chi connectivity index (χ1) is 12.8. The average molecular weight is 356 g/mol. The van der Waals surface area contributed by atoms with Crippen LogP contribution in [0.15, 0.2) is 54.6 Å². The van der Waals surface area contributed by atoms with Gasteiger partial charge in [0.25, 0.3) is 0 Å². The fraction of sp³-hybridized carbons (Fsp3) is 0.478. The highest BCUT2D eigenvalue weighted by atomic mass is 16.5. The molecule has 2 aromatic carbocycles. The number of rotatable bonds is 13. The maximum Gasteiger partial charge on any atom is 0.121 e. The largest absolute Gasteiger partial charge is 0.494 e. The van der Waals surface area contributed by atoms with Gasteiger partial charge in [0.15, 0.2) is 0 Å². The van der Waals surface area contributed by atoms with E-state index in [1.165, 1.54) is 25.7 Å². The van der Waals surface area contributed by atoms with Crippen molar-refractivity contribution in [3.63, 3.8) is 0 Å². The maximum atomic E-state index is 6.03. The van der Waals surface area contributed by atoms with E-state index in [0.29, 0.717) is 0 Å². The first-order valence-electron chi connectivity index (χ1n) is 10.00. The summed E-state index contributed by atoms with van der Waals surface area (Å²) in [5.74, 6) is 1.85. The van der Waals surface area contributed by atoms with E-state index >= 15 is 0 Å². The van der Waals surface area contributed by atoms with Crippen LogP contribution < -0.4 is 14.8 Å². The van der Waals surface area contributed by atoms with Crippen molar-refractivity contribution >= 4 is 5.69 Å². The third kappa shape index (κ3) is 7.81. The molecule has 1 N–H and O–H groups in total. The van der Waals surface area contributed by atoms with Gasteiger partial charge >= 0.3 is 0 Å². The van der Waals surface area contributed by atoms with E-state index in [1.54, 1.807) is 0 Å². The van der Waals surface area contributed by atoms with Gasteiger partial charge in [0.05, 0.1) is 13.2 Å². The predicted molar refractivity (Wildman–Crippen MR) is 110 cm³/mol. The molecular formula is C23H33NO2. The number of para-hydroxylation sites is 1. The van der Waals surface area contributed by atoms with Crippen LogP contribution in [0.2, 0.25) is 0 Å². The van der Waals surface area contributed by atoms with Crippen molar-refractivity contribution in [3.05, 3.63) is 54.6 Å². The number of nitrogens with one attached hydrogen (secondary N) is 1. The second-order valence-corrected chi connectivity index (χ2v) is 6.63. The van der Waals surface area contributed by atoms with Gasteiger partial charge in [-0.15, -0.1) is 0 Å². The first kappa shape index (κ1) is 20.2. The van der Waals surface area contributed by atoms with Crippen molar-refractivity contribution in [2.45, 2.75) is 58.5 Å². The van der Waals surface area contributed by atoms with Crippen molar-refractivity contribution in [1.82, 2.24) is 0 Å². The molecule has 2 aromatic rings. The highest BCUT2D eigenvalue weighted by Gasteiger charge is 2.08. The quantitative estimate of drug-likeness (QED) is 0.427. The summed E-state index contributed by atoms with van der Waals surface area (Å²) in [7, 11) is 0. The standard InChI is InChI=1S/C23H33NO2/c1-3-5-6-7-11-17-25-23-16-12-13-20(18-23)24-19-21(4-2)26-22-14-9-8-10-15-22/h8-10,12-16,18,21,24H,3-7,11,17,19H2,1-2H3. The number of ether oxygens (including phenoxy) is 2. The molecule has 0 bridgehead atoms. The summed E-state index contributed by atoms with van der Waals surface area (Å²) in [6.45, 7) is 5.95. The van der Waals surface area contributed by atoms with Crippen molar-refractivity contribution in [2.24, 2.45) is 0 Å². The zero-order valence-electron chi connectivity index (χ0n) is 16.2. The number of hydrogen-bond acceptors (Lipinski definition) is 3. The van der Waals surface area contributed by atoms with Crippen LogP contribution in [0.1, 0.15) is 52.4 Å². The van der Waals surface area contributed by atoms with Gasteiger partial charge in [0.2, 0.25) is 0 Å². The Hall–Kier alpha value is -2.16. The van der Waals surface area contributed by atoms with Crippen molar-refractivity contribution in [1.29, 1.82) is 0 Å². The van der Waals surface area contributed by atoms with Crippen molar-refractivity contribution in [2.75, 3.05) is 18.5 Å². The molecule has 0 saturated carbocycles. The second-order valence-electron chi connectivity index (χ2n) is 6.63. The molecule has 1 unspecified atom stereocenters. The monoisotopic (exact) mass is 355 g/mol. The molecule has 0 saturated heterocycles. The molecular weight excluding hydrogens is 322 g/mol. The molecule has 0 aromatic heterocycles. The van der Waals surface area contributed by atoms with Crippen LogP contribution in [0.3, 0.4) is 0 Å². The van der Waals surface area contributed by atoms with Crippen LogP contribution in [0.25, 0.3) is 0 Å². The summed E-state index contributed by atoms with van der Waals surface area (Å²) in [5, 5.41) is 3.47. The molecule has 0 fully saturated rings. The van der Waals surface area contributed by atoms with Gasteiger partial charge in [-0.25, -0.2) is 0 Å². The smallest absolute Gasteiger partial charge is 0.121 e. The summed E-state index contributed by atoms with van der Waals surface area (Å²) in [6, 6.07) is 18.2. The SMILES string of the molecule is CCCCCCCOc1cccc(NCC(CC)Oc2ccccc2)c1. The van der Waals surface area contributed by atoms with Crippen LogP contribution in [0.5, 0.6) is 11.5 Å². The van der Waals surface area contributed by atoms with Gasteiger partial charge in [0.1, 0.15) is 17.6 Å². The van der Waals surface area contributed by atoms with Crippen LogP contribution in [-0.2, 0) is 0 Å². The summed E-state index contributed by atoms with van der Waals surface area (Å²) < 4.78 is 11.9. The molecule has 0 aliphatic carbocycles. The van der Waals surface area contributed by atoms with Gasteiger partial charge in [0, 0.05) is 11.8 Å². The van der Waals surface area contributed by atoms with Gasteiger partial charge in [-0.05, 0) is 37.1 Å². The Bertz CT molecular complexity index is 600. The molecule has 1 atom stereocenters. The molecule has 3 heteroatoms. The van der Waals surface area contributed by atoms with Crippen LogP contribution >= 0.6 is 0 Å². The topological polar surface area (TPSA) is 30.5 Å². The van der Waals surface area contributed by atoms with Crippen LogP contribution in [-0.4, -0.2) is 19.3 Å². The number of anilines is 1. The van der Waals surface area contributed by atoms with E-state index in [-0.39, 0.29) is 6.10 Å². The minimum atomic E-state index is 0.139. The fourth-order valence-corrected chi connectivity index (χ4v) is 2.78. The Kier molecular flexibility index (Phi) is 9.48. The van der Waals surface area contributed by atoms with Crippen molar-refractivity contribution in [3.8, 4) is 11.5 Å². The lowest BCUT2D eigenvalue weighted by Gasteiger charge is -2.19. The Morgan fingerprint density at radius 3 is 2.38 bits per heavy atom. The lowest BCUT2D eigenvalue weighted by Crippen LogP contribution is -2.25. The number of benzene rings is 2. The third-order valence-electron chi connectivity index (χ3n) is 4.39. The van der Waals surface area contributed by atoms with E-state index in [0.717, 1.165) is 43.2 Å². The van der Waals surface area contributed by atoms with Crippen molar-refractivity contribution < 1.29 is 9.47 Å². The van der Waals surface area contributed by atoms with E-state index < -0.39 is 0 Å². The fourth-order valence-electron chi connectivity index (χ4n) is 2.78. The third-order valence-corrected chi connectivity index (χ3v) is 4.39. The minimum Gasteiger partial charge on any atom is -0.494 e. The summed E-state index contributed by atoms with van der Waals surface area (Å²) in [4.78, 5) is 0. The highest BCUT2D eigenvalue weighted by Crippen LogP contribution is 2.19. The second kappa shape index (κ2) is 12.2. The molecule has 0 spiro atoms. The Balaban J connectivity index is 1.74. The van der Waals surface area contributed by atoms with Gasteiger partial charge in [-0.1, -0.05) is 63.8 Å².